The molecular formula is C21H20N2O4S2. The summed E-state index contributed by atoms with van der Waals surface area (Å²) in [5.41, 5.74) is 2.55. The first-order valence-corrected chi connectivity index (χ1v) is 11.6. The normalized spacial score (nSPS) is 14.0. The fourth-order valence-electron chi connectivity index (χ4n) is 2.78. The molecule has 1 aromatic heterocycles. The molecule has 29 heavy (non-hydrogen) atoms. The van der Waals surface area contributed by atoms with Crippen LogP contribution in [0.2, 0.25) is 0 Å². The van der Waals surface area contributed by atoms with E-state index in [0.29, 0.717) is 11.3 Å². The number of nitrogens with one attached hydrogen (secondary N) is 1. The zero-order valence-electron chi connectivity index (χ0n) is 15.8. The van der Waals surface area contributed by atoms with Crippen molar-refractivity contribution < 1.29 is 17.9 Å². The van der Waals surface area contributed by atoms with Crippen molar-refractivity contribution in [3.05, 3.63) is 70.7 Å². The predicted octanol–water partition coefficient (Wildman–Crippen LogP) is 3.92. The summed E-state index contributed by atoms with van der Waals surface area (Å²) in [5, 5.41) is 2.70. The average Bonchev–Trinajstić information content (AvgIpc) is 3.39. The van der Waals surface area contributed by atoms with E-state index in [4.69, 9.17) is 4.74 Å². The van der Waals surface area contributed by atoms with E-state index in [1.165, 1.54) is 23.5 Å². The fraction of sp³-hybridized carbons (Fsp3) is 0.238. The van der Waals surface area contributed by atoms with Crippen LogP contribution in [0.25, 0.3) is 10.6 Å². The SMILES string of the molecule is Cc1ccc(S(=O)(=O)NC2CC2)cc1C(=O)OCc1csc(-c2ccccc2)n1. The Morgan fingerprint density at radius 3 is 2.69 bits per heavy atom. The fourth-order valence-corrected chi connectivity index (χ4v) is 4.92. The van der Waals surface area contributed by atoms with E-state index in [1.54, 1.807) is 13.0 Å². The van der Waals surface area contributed by atoms with Crippen LogP contribution >= 0.6 is 11.3 Å². The number of benzene rings is 2. The maximum atomic E-state index is 12.6. The van der Waals surface area contributed by atoms with Crippen LogP contribution in [-0.4, -0.2) is 25.4 Å². The number of esters is 1. The molecule has 1 heterocycles. The Labute approximate surface area is 173 Å². The standard InChI is InChI=1S/C21H20N2O4S2/c1-14-7-10-18(29(25,26)23-16-8-9-16)11-19(14)21(24)27-12-17-13-28-20(22-17)15-5-3-2-4-6-15/h2-7,10-11,13,16,23H,8-9,12H2,1H3. The number of ether oxygens (including phenoxy) is 1. The molecule has 3 aromatic rings. The van der Waals surface area contributed by atoms with Crippen molar-refractivity contribution in [3.8, 4) is 10.6 Å². The lowest BCUT2D eigenvalue weighted by molar-refractivity contribution is 0.0467. The highest BCUT2D eigenvalue weighted by molar-refractivity contribution is 7.89. The van der Waals surface area contributed by atoms with Gasteiger partial charge in [0.2, 0.25) is 10.0 Å². The third kappa shape index (κ3) is 4.72. The number of hydrogen-bond acceptors (Lipinski definition) is 6. The van der Waals surface area contributed by atoms with Gasteiger partial charge in [-0.3, -0.25) is 0 Å². The van der Waals surface area contributed by atoms with Crippen molar-refractivity contribution in [1.82, 2.24) is 9.71 Å². The third-order valence-electron chi connectivity index (χ3n) is 4.56. The van der Waals surface area contributed by atoms with E-state index in [9.17, 15) is 13.2 Å². The van der Waals surface area contributed by atoms with Gasteiger partial charge in [-0.1, -0.05) is 36.4 Å². The van der Waals surface area contributed by atoms with Crippen LogP contribution < -0.4 is 4.72 Å². The number of aromatic nitrogens is 1. The predicted molar refractivity (Wildman–Crippen MR) is 111 cm³/mol. The summed E-state index contributed by atoms with van der Waals surface area (Å²) in [6, 6.07) is 14.3. The average molecular weight is 429 g/mol. The van der Waals surface area contributed by atoms with Crippen LogP contribution in [0.15, 0.2) is 58.8 Å². The van der Waals surface area contributed by atoms with E-state index < -0.39 is 16.0 Å². The van der Waals surface area contributed by atoms with Gasteiger partial charge in [0, 0.05) is 17.0 Å². The van der Waals surface area contributed by atoms with E-state index in [2.05, 4.69) is 9.71 Å². The molecule has 6 nitrogen and oxygen atoms in total. The lowest BCUT2D eigenvalue weighted by Gasteiger charge is -2.10. The van der Waals surface area contributed by atoms with E-state index >= 15 is 0 Å². The Kier molecular flexibility index (Phi) is 5.49. The molecule has 1 saturated carbocycles. The van der Waals surface area contributed by atoms with Crippen LogP contribution in [0.1, 0.15) is 34.5 Å². The minimum Gasteiger partial charge on any atom is -0.456 e. The molecule has 0 amide bonds. The number of carbonyl (C=O) groups is 1. The molecule has 8 heteroatoms. The summed E-state index contributed by atoms with van der Waals surface area (Å²) in [6.45, 7) is 1.77. The molecule has 2 aromatic carbocycles. The van der Waals surface area contributed by atoms with Gasteiger partial charge >= 0.3 is 5.97 Å². The molecule has 1 aliphatic rings. The summed E-state index contributed by atoms with van der Waals surface area (Å²) < 4.78 is 32.8. The maximum Gasteiger partial charge on any atom is 0.338 e. The summed E-state index contributed by atoms with van der Waals surface area (Å²) in [7, 11) is -3.63. The number of sulfonamides is 1. The molecule has 1 aliphatic carbocycles. The molecule has 0 aliphatic heterocycles. The molecule has 0 bridgehead atoms. The monoisotopic (exact) mass is 428 g/mol. The van der Waals surface area contributed by atoms with Crippen molar-refractivity contribution in [2.45, 2.75) is 37.3 Å². The molecule has 150 valence electrons. The quantitative estimate of drug-likeness (QED) is 0.577. The van der Waals surface area contributed by atoms with Crippen LogP contribution in [0, 0.1) is 6.92 Å². The van der Waals surface area contributed by atoms with Gasteiger partial charge in [0.15, 0.2) is 0 Å². The minimum atomic E-state index is -3.63. The van der Waals surface area contributed by atoms with Gasteiger partial charge in [-0.05, 0) is 37.5 Å². The van der Waals surface area contributed by atoms with Gasteiger partial charge in [0.1, 0.15) is 11.6 Å². The summed E-state index contributed by atoms with van der Waals surface area (Å²) in [5.74, 6) is -0.569. The Hall–Kier alpha value is -2.55. The second-order valence-electron chi connectivity index (χ2n) is 6.96. The highest BCUT2D eigenvalue weighted by atomic mass is 32.2. The molecule has 0 saturated heterocycles. The molecule has 0 atom stereocenters. The van der Waals surface area contributed by atoms with Gasteiger partial charge in [-0.2, -0.15) is 0 Å². The maximum absolute atomic E-state index is 12.6. The highest BCUT2D eigenvalue weighted by Gasteiger charge is 2.28. The molecule has 4 rings (SSSR count). The number of hydrogen-bond donors (Lipinski definition) is 1. The van der Waals surface area contributed by atoms with Crippen molar-refractivity contribution in [2.24, 2.45) is 0 Å². The Morgan fingerprint density at radius 1 is 1.21 bits per heavy atom. The van der Waals surface area contributed by atoms with Crippen molar-refractivity contribution in [3.63, 3.8) is 0 Å². The van der Waals surface area contributed by atoms with Crippen LogP contribution in [0.3, 0.4) is 0 Å². The number of rotatable bonds is 7. The minimum absolute atomic E-state index is 0.000167. The molecule has 0 spiro atoms. The van der Waals surface area contributed by atoms with Gasteiger partial charge in [-0.25, -0.2) is 22.9 Å². The second-order valence-corrected chi connectivity index (χ2v) is 9.53. The van der Waals surface area contributed by atoms with E-state index in [0.717, 1.165) is 23.4 Å². The number of nitrogens with zero attached hydrogens (tertiary/aromatic N) is 1. The Balaban J connectivity index is 1.46. The van der Waals surface area contributed by atoms with Crippen LogP contribution in [0.5, 0.6) is 0 Å². The lowest BCUT2D eigenvalue weighted by Crippen LogP contribution is -2.26. The third-order valence-corrected chi connectivity index (χ3v) is 7.02. The molecule has 0 unspecified atom stereocenters. The lowest BCUT2D eigenvalue weighted by atomic mass is 10.1. The number of carbonyl (C=O) groups excluding carboxylic acids is 1. The smallest absolute Gasteiger partial charge is 0.338 e. The molecular weight excluding hydrogens is 408 g/mol. The van der Waals surface area contributed by atoms with Crippen LogP contribution in [-0.2, 0) is 21.4 Å². The van der Waals surface area contributed by atoms with Gasteiger partial charge in [-0.15, -0.1) is 11.3 Å². The highest BCUT2D eigenvalue weighted by Crippen LogP contribution is 2.25. The Morgan fingerprint density at radius 2 is 1.97 bits per heavy atom. The van der Waals surface area contributed by atoms with Gasteiger partial charge in [0.05, 0.1) is 16.2 Å². The number of aryl methyl sites for hydroxylation is 1. The second kappa shape index (κ2) is 8.06. The van der Waals surface area contributed by atoms with Gasteiger partial charge < -0.3 is 4.74 Å². The molecule has 1 N–H and O–H groups in total. The van der Waals surface area contributed by atoms with E-state index in [-0.39, 0.29) is 23.1 Å². The van der Waals surface area contributed by atoms with Crippen molar-refractivity contribution in [2.75, 3.05) is 0 Å². The van der Waals surface area contributed by atoms with Crippen molar-refractivity contribution >= 4 is 27.3 Å². The van der Waals surface area contributed by atoms with E-state index in [1.807, 2.05) is 35.7 Å². The Bertz CT molecular complexity index is 1140. The molecule has 1 fully saturated rings. The van der Waals surface area contributed by atoms with Crippen LogP contribution in [0.4, 0.5) is 0 Å². The largest absolute Gasteiger partial charge is 0.456 e. The zero-order chi connectivity index (χ0) is 20.4. The van der Waals surface area contributed by atoms with Gasteiger partial charge in [0.25, 0.3) is 0 Å². The first-order chi connectivity index (χ1) is 13.9. The molecule has 0 radical (unpaired) electrons. The van der Waals surface area contributed by atoms with Crippen molar-refractivity contribution in [1.29, 1.82) is 0 Å². The topological polar surface area (TPSA) is 85.4 Å². The first-order valence-electron chi connectivity index (χ1n) is 9.22. The summed E-state index contributed by atoms with van der Waals surface area (Å²) in [4.78, 5) is 17.1. The summed E-state index contributed by atoms with van der Waals surface area (Å²) >= 11 is 1.48. The summed E-state index contributed by atoms with van der Waals surface area (Å²) in [6.07, 6.45) is 1.69. The zero-order valence-corrected chi connectivity index (χ0v) is 17.4. The number of thiazole rings is 1. The first kappa shape index (κ1) is 19.8.